The molecular weight excluding hydrogens is 314 g/mol. The lowest BCUT2D eigenvalue weighted by Gasteiger charge is -2.13. The Hall–Kier alpha value is -2.39. The summed E-state index contributed by atoms with van der Waals surface area (Å²) in [4.78, 5) is 53.5. The van der Waals surface area contributed by atoms with Crippen LogP contribution in [0.2, 0.25) is 0 Å². The summed E-state index contributed by atoms with van der Waals surface area (Å²) in [5, 5.41) is 0. The molecule has 0 aromatic heterocycles. The van der Waals surface area contributed by atoms with E-state index in [4.69, 9.17) is 4.74 Å². The largest absolute Gasteiger partial charge is 0.462 e. The molecule has 8 heteroatoms. The van der Waals surface area contributed by atoms with Crippen molar-refractivity contribution in [1.29, 1.82) is 0 Å². The molecule has 132 valence electrons. The van der Waals surface area contributed by atoms with Crippen molar-refractivity contribution in [2.24, 2.45) is 15.0 Å². The van der Waals surface area contributed by atoms with Crippen LogP contribution in [0, 0.1) is 0 Å². The Morgan fingerprint density at radius 2 is 1.58 bits per heavy atom. The second-order valence-electron chi connectivity index (χ2n) is 5.38. The van der Waals surface area contributed by atoms with Crippen LogP contribution < -0.4 is 0 Å². The van der Waals surface area contributed by atoms with Crippen molar-refractivity contribution in [2.75, 3.05) is 6.61 Å². The van der Waals surface area contributed by atoms with Gasteiger partial charge in [-0.3, -0.25) is 0 Å². The molecule has 0 aromatic rings. The molecule has 0 radical (unpaired) electrons. The smallest absolute Gasteiger partial charge is 0.331 e. The van der Waals surface area contributed by atoms with E-state index in [1.165, 1.54) is 12.2 Å². The van der Waals surface area contributed by atoms with E-state index >= 15 is 0 Å². The van der Waals surface area contributed by atoms with Crippen molar-refractivity contribution < 1.29 is 23.9 Å². The van der Waals surface area contributed by atoms with Gasteiger partial charge in [0.15, 0.2) is 6.04 Å². The van der Waals surface area contributed by atoms with Crippen LogP contribution in [-0.2, 0) is 23.9 Å². The second-order valence-corrected chi connectivity index (χ2v) is 5.38. The van der Waals surface area contributed by atoms with Crippen LogP contribution in [0.1, 0.15) is 52.4 Å². The van der Waals surface area contributed by atoms with E-state index in [-0.39, 0.29) is 19.1 Å². The van der Waals surface area contributed by atoms with Crippen LogP contribution in [-0.4, -0.2) is 48.9 Å². The van der Waals surface area contributed by atoms with Crippen molar-refractivity contribution in [3.8, 4) is 0 Å². The predicted octanol–water partition coefficient (Wildman–Crippen LogP) is 2.02. The molecule has 0 spiro atoms. The highest BCUT2D eigenvalue weighted by Gasteiger charge is 2.20. The molecule has 0 heterocycles. The third-order valence-corrected chi connectivity index (χ3v) is 3.36. The Balaban J connectivity index is 4.45. The first-order valence-corrected chi connectivity index (χ1v) is 7.96. The van der Waals surface area contributed by atoms with Gasteiger partial charge in [-0.1, -0.05) is 19.8 Å². The van der Waals surface area contributed by atoms with Gasteiger partial charge in [-0.05, 0) is 32.6 Å². The van der Waals surface area contributed by atoms with Crippen LogP contribution in [0.3, 0.4) is 0 Å². The summed E-state index contributed by atoms with van der Waals surface area (Å²) in [6.45, 7) is 3.54. The van der Waals surface area contributed by atoms with Crippen LogP contribution in [0.4, 0.5) is 0 Å². The van der Waals surface area contributed by atoms with Crippen molar-refractivity contribution in [1.82, 2.24) is 0 Å². The molecule has 0 rings (SSSR count). The van der Waals surface area contributed by atoms with Gasteiger partial charge in [-0.2, -0.15) is 9.98 Å². The molecule has 0 bridgehead atoms. The number of hydrogen-bond donors (Lipinski definition) is 0. The van der Waals surface area contributed by atoms with Crippen molar-refractivity contribution in [3.05, 3.63) is 0 Å². The lowest BCUT2D eigenvalue weighted by atomic mass is 10.0. The standard InChI is InChI=1S/C16H23N3O5/c1-3-4-6-14(18-11-21)7-5-8-15(19-12-22)16(23)24-9-13(2)17-10-20/h13-15H,3-9H2,1-2H3. The highest BCUT2D eigenvalue weighted by atomic mass is 16.5. The molecule has 0 amide bonds. The average molecular weight is 337 g/mol. The SMILES string of the molecule is CCCCC(CCCC(N=C=O)C(=O)OCC(C)N=C=O)N=C=O. The van der Waals surface area contributed by atoms with Crippen LogP contribution >= 0.6 is 0 Å². The van der Waals surface area contributed by atoms with Crippen LogP contribution in [0.5, 0.6) is 0 Å². The van der Waals surface area contributed by atoms with E-state index in [0.29, 0.717) is 12.8 Å². The summed E-state index contributed by atoms with van der Waals surface area (Å²) in [5.74, 6) is -0.671. The molecule has 3 atom stereocenters. The van der Waals surface area contributed by atoms with Gasteiger partial charge < -0.3 is 4.74 Å². The number of nitrogens with zero attached hydrogens (tertiary/aromatic N) is 3. The molecule has 0 N–H and O–H groups in total. The first-order valence-electron chi connectivity index (χ1n) is 7.96. The zero-order valence-corrected chi connectivity index (χ0v) is 14.1. The minimum absolute atomic E-state index is 0.0898. The van der Waals surface area contributed by atoms with Gasteiger partial charge in [0.1, 0.15) is 6.61 Å². The van der Waals surface area contributed by atoms with E-state index < -0.39 is 18.1 Å². The summed E-state index contributed by atoms with van der Waals surface area (Å²) in [5.41, 5.74) is 0. The Kier molecular flexibility index (Phi) is 12.8. The highest BCUT2D eigenvalue weighted by Crippen LogP contribution is 2.15. The first kappa shape index (κ1) is 21.6. The Bertz CT molecular complexity index is 518. The number of hydrogen-bond acceptors (Lipinski definition) is 8. The lowest BCUT2D eigenvalue weighted by molar-refractivity contribution is -0.145. The van der Waals surface area contributed by atoms with Gasteiger partial charge >= 0.3 is 5.97 Å². The molecule has 0 saturated heterocycles. The lowest BCUT2D eigenvalue weighted by Crippen LogP contribution is -2.25. The average Bonchev–Trinajstić information content (AvgIpc) is 2.57. The minimum Gasteiger partial charge on any atom is -0.462 e. The predicted molar refractivity (Wildman–Crippen MR) is 85.7 cm³/mol. The van der Waals surface area contributed by atoms with E-state index in [1.807, 2.05) is 6.92 Å². The van der Waals surface area contributed by atoms with Gasteiger partial charge in [0.05, 0.1) is 12.1 Å². The van der Waals surface area contributed by atoms with E-state index in [9.17, 15) is 19.2 Å². The molecule has 0 saturated carbocycles. The van der Waals surface area contributed by atoms with Crippen LogP contribution in [0.25, 0.3) is 0 Å². The van der Waals surface area contributed by atoms with Crippen molar-refractivity contribution >= 4 is 24.2 Å². The number of ether oxygens (including phenoxy) is 1. The summed E-state index contributed by atoms with van der Waals surface area (Å²) < 4.78 is 4.97. The van der Waals surface area contributed by atoms with Gasteiger partial charge in [-0.15, -0.1) is 0 Å². The van der Waals surface area contributed by atoms with Crippen LogP contribution in [0.15, 0.2) is 15.0 Å². The van der Waals surface area contributed by atoms with E-state index in [2.05, 4.69) is 15.0 Å². The number of aliphatic imine (C=N–C) groups is 3. The molecule has 0 aromatic carbocycles. The first-order chi connectivity index (χ1) is 11.6. The van der Waals surface area contributed by atoms with Gasteiger partial charge in [0, 0.05) is 0 Å². The second kappa shape index (κ2) is 14.2. The minimum atomic E-state index is -0.957. The molecule has 0 aliphatic heterocycles. The van der Waals surface area contributed by atoms with Gasteiger partial charge in [-0.25, -0.2) is 24.2 Å². The zero-order chi connectivity index (χ0) is 18.2. The summed E-state index contributed by atoms with van der Waals surface area (Å²) >= 11 is 0. The number of carbonyl (C=O) groups is 1. The maximum absolute atomic E-state index is 11.9. The fourth-order valence-electron chi connectivity index (χ4n) is 2.06. The number of unbranched alkanes of at least 4 members (excludes halogenated alkanes) is 1. The third kappa shape index (κ3) is 10.4. The van der Waals surface area contributed by atoms with E-state index in [0.717, 1.165) is 19.3 Å². The fourth-order valence-corrected chi connectivity index (χ4v) is 2.06. The Labute approximate surface area is 141 Å². The molecule has 3 unspecified atom stereocenters. The summed E-state index contributed by atoms with van der Waals surface area (Å²) in [6, 6.07) is -1.60. The summed E-state index contributed by atoms with van der Waals surface area (Å²) in [7, 11) is 0. The Morgan fingerprint density at radius 3 is 2.17 bits per heavy atom. The van der Waals surface area contributed by atoms with E-state index in [1.54, 1.807) is 13.0 Å². The Morgan fingerprint density at radius 1 is 0.958 bits per heavy atom. The molecule has 0 fully saturated rings. The number of rotatable bonds is 13. The topological polar surface area (TPSA) is 115 Å². The monoisotopic (exact) mass is 337 g/mol. The summed E-state index contributed by atoms with van der Waals surface area (Å²) in [6.07, 6.45) is 8.46. The maximum Gasteiger partial charge on any atom is 0.331 e. The molecule has 0 aliphatic rings. The molecule has 0 aliphatic carbocycles. The van der Waals surface area contributed by atoms with Crippen molar-refractivity contribution in [3.63, 3.8) is 0 Å². The molecular formula is C16H23N3O5. The van der Waals surface area contributed by atoms with Gasteiger partial charge in [0.2, 0.25) is 18.2 Å². The third-order valence-electron chi connectivity index (χ3n) is 3.36. The van der Waals surface area contributed by atoms with Crippen molar-refractivity contribution in [2.45, 2.75) is 70.5 Å². The molecule has 24 heavy (non-hydrogen) atoms. The highest BCUT2D eigenvalue weighted by molar-refractivity contribution is 5.76. The normalized spacial score (nSPS) is 13.4. The number of esters is 1. The zero-order valence-electron chi connectivity index (χ0n) is 14.1. The fraction of sp³-hybridized carbons (Fsp3) is 0.750. The number of isocyanates is 3. The maximum atomic E-state index is 11.9. The van der Waals surface area contributed by atoms with Gasteiger partial charge in [0.25, 0.3) is 0 Å². The number of carbonyl (C=O) groups excluding carboxylic acids is 4. The molecule has 8 nitrogen and oxygen atoms in total. The quantitative estimate of drug-likeness (QED) is 0.290.